The Hall–Kier alpha value is -3.74. The summed E-state index contributed by atoms with van der Waals surface area (Å²) in [4.78, 5) is 19.6. The Morgan fingerprint density at radius 1 is 0.941 bits per heavy atom. The van der Waals surface area contributed by atoms with E-state index < -0.39 is 0 Å². The fourth-order valence-electron chi connectivity index (χ4n) is 3.80. The standard InChI is InChI=1S/C27H31N3O4/c1-2-32-25-18-22(11-12-24(25)34-17-16-33-23-8-4-3-5-9-23)27(31)29-20-21-10-13-26(28-19-21)30-14-6-7-15-30/h3-5,8-13,18-19H,2,6-7,14-17,20H2,1H3,(H,29,31). The van der Waals surface area contributed by atoms with Gasteiger partial charge in [0.2, 0.25) is 0 Å². The van der Waals surface area contributed by atoms with Crippen molar-refractivity contribution in [1.82, 2.24) is 10.3 Å². The average Bonchev–Trinajstić information content (AvgIpc) is 3.42. The van der Waals surface area contributed by atoms with Crippen LogP contribution in [0.4, 0.5) is 5.82 Å². The van der Waals surface area contributed by atoms with Crippen LogP contribution < -0.4 is 24.4 Å². The molecule has 1 aromatic heterocycles. The Bertz CT molecular complexity index is 1050. The topological polar surface area (TPSA) is 72.9 Å². The highest BCUT2D eigenvalue weighted by Crippen LogP contribution is 2.28. The second-order valence-corrected chi connectivity index (χ2v) is 8.01. The van der Waals surface area contributed by atoms with Gasteiger partial charge in [-0.25, -0.2) is 4.98 Å². The Labute approximate surface area is 200 Å². The third-order valence-corrected chi connectivity index (χ3v) is 5.55. The molecule has 4 rings (SSSR count). The van der Waals surface area contributed by atoms with Gasteiger partial charge in [0, 0.05) is 31.4 Å². The second-order valence-electron chi connectivity index (χ2n) is 8.01. The van der Waals surface area contributed by atoms with E-state index in [-0.39, 0.29) is 5.91 Å². The van der Waals surface area contributed by atoms with E-state index in [1.165, 1.54) is 12.8 Å². The summed E-state index contributed by atoms with van der Waals surface area (Å²) < 4.78 is 17.2. The largest absolute Gasteiger partial charge is 0.490 e. The Morgan fingerprint density at radius 2 is 1.74 bits per heavy atom. The molecule has 0 radical (unpaired) electrons. The highest BCUT2D eigenvalue weighted by molar-refractivity contribution is 5.94. The van der Waals surface area contributed by atoms with Crippen LogP contribution in [0.25, 0.3) is 0 Å². The molecule has 2 aromatic carbocycles. The van der Waals surface area contributed by atoms with Gasteiger partial charge < -0.3 is 24.4 Å². The molecule has 1 fully saturated rings. The number of hydrogen-bond donors (Lipinski definition) is 1. The summed E-state index contributed by atoms with van der Waals surface area (Å²) in [6.45, 7) is 5.66. The van der Waals surface area contributed by atoms with Crippen molar-refractivity contribution in [1.29, 1.82) is 0 Å². The molecule has 1 N–H and O–H groups in total. The van der Waals surface area contributed by atoms with Crippen LogP contribution in [0.15, 0.2) is 66.9 Å². The third kappa shape index (κ3) is 6.41. The van der Waals surface area contributed by atoms with Gasteiger partial charge in [0.15, 0.2) is 11.5 Å². The van der Waals surface area contributed by atoms with Crippen molar-refractivity contribution in [2.75, 3.05) is 37.8 Å². The van der Waals surface area contributed by atoms with Crippen molar-refractivity contribution in [2.24, 2.45) is 0 Å². The number of rotatable bonds is 11. The first kappa shape index (κ1) is 23.4. The molecule has 34 heavy (non-hydrogen) atoms. The molecule has 1 amide bonds. The summed E-state index contributed by atoms with van der Waals surface area (Å²) in [5.41, 5.74) is 1.47. The number of aromatic nitrogens is 1. The minimum absolute atomic E-state index is 0.177. The second kappa shape index (κ2) is 11.9. The zero-order valence-electron chi connectivity index (χ0n) is 19.5. The maximum Gasteiger partial charge on any atom is 0.251 e. The molecular weight excluding hydrogens is 430 g/mol. The quantitative estimate of drug-likeness (QED) is 0.425. The summed E-state index contributed by atoms with van der Waals surface area (Å²) in [5, 5.41) is 2.95. The van der Waals surface area contributed by atoms with Crippen molar-refractivity contribution in [3.05, 3.63) is 78.0 Å². The molecule has 178 valence electrons. The predicted molar refractivity (Wildman–Crippen MR) is 132 cm³/mol. The van der Waals surface area contributed by atoms with Crippen molar-refractivity contribution in [2.45, 2.75) is 26.3 Å². The molecule has 0 saturated carbocycles. The van der Waals surface area contributed by atoms with Crippen molar-refractivity contribution < 1.29 is 19.0 Å². The number of carbonyl (C=O) groups is 1. The van der Waals surface area contributed by atoms with Gasteiger partial charge in [-0.05, 0) is 61.7 Å². The average molecular weight is 462 g/mol. The van der Waals surface area contributed by atoms with E-state index in [0.29, 0.717) is 43.4 Å². The molecule has 3 aromatic rings. The van der Waals surface area contributed by atoms with Gasteiger partial charge in [0.05, 0.1) is 6.61 Å². The van der Waals surface area contributed by atoms with E-state index in [9.17, 15) is 4.79 Å². The molecule has 1 aliphatic rings. The van der Waals surface area contributed by atoms with Crippen LogP contribution in [0.2, 0.25) is 0 Å². The molecule has 7 nitrogen and oxygen atoms in total. The first-order valence-electron chi connectivity index (χ1n) is 11.8. The number of hydrogen-bond acceptors (Lipinski definition) is 6. The lowest BCUT2D eigenvalue weighted by molar-refractivity contribution is 0.0950. The van der Waals surface area contributed by atoms with Crippen LogP contribution in [0.1, 0.15) is 35.7 Å². The zero-order valence-corrected chi connectivity index (χ0v) is 19.5. The molecule has 0 bridgehead atoms. The molecule has 1 aliphatic heterocycles. The molecule has 7 heteroatoms. The number of anilines is 1. The Kier molecular flexibility index (Phi) is 8.22. The van der Waals surface area contributed by atoms with Gasteiger partial charge in [-0.2, -0.15) is 0 Å². The van der Waals surface area contributed by atoms with Crippen LogP contribution in [-0.4, -0.2) is 43.8 Å². The van der Waals surface area contributed by atoms with Gasteiger partial charge in [-0.3, -0.25) is 4.79 Å². The summed E-state index contributed by atoms with van der Waals surface area (Å²) in [6, 6.07) is 18.8. The van der Waals surface area contributed by atoms with Gasteiger partial charge in [-0.1, -0.05) is 24.3 Å². The summed E-state index contributed by atoms with van der Waals surface area (Å²) >= 11 is 0. The smallest absolute Gasteiger partial charge is 0.251 e. The maximum absolute atomic E-state index is 12.7. The lowest BCUT2D eigenvalue weighted by Crippen LogP contribution is -2.23. The highest BCUT2D eigenvalue weighted by atomic mass is 16.5. The van der Waals surface area contributed by atoms with E-state index >= 15 is 0 Å². The maximum atomic E-state index is 12.7. The molecule has 2 heterocycles. The Balaban J connectivity index is 1.30. The molecule has 0 aliphatic carbocycles. The fraction of sp³-hybridized carbons (Fsp3) is 0.333. The van der Waals surface area contributed by atoms with Gasteiger partial charge >= 0.3 is 0 Å². The number of carbonyl (C=O) groups excluding carboxylic acids is 1. The van der Waals surface area contributed by atoms with Crippen LogP contribution in [0.3, 0.4) is 0 Å². The highest BCUT2D eigenvalue weighted by Gasteiger charge is 2.14. The summed E-state index contributed by atoms with van der Waals surface area (Å²) in [5.74, 6) is 2.73. The first-order chi connectivity index (χ1) is 16.7. The van der Waals surface area contributed by atoms with Crippen LogP contribution in [-0.2, 0) is 6.54 Å². The fourth-order valence-corrected chi connectivity index (χ4v) is 3.80. The minimum atomic E-state index is -0.177. The number of amides is 1. The van der Waals surface area contributed by atoms with E-state index in [1.807, 2.05) is 55.6 Å². The number of para-hydroxylation sites is 1. The molecule has 0 unspecified atom stereocenters. The monoisotopic (exact) mass is 461 g/mol. The lowest BCUT2D eigenvalue weighted by Gasteiger charge is -2.16. The number of ether oxygens (including phenoxy) is 3. The van der Waals surface area contributed by atoms with E-state index in [1.54, 1.807) is 18.2 Å². The summed E-state index contributed by atoms with van der Waals surface area (Å²) in [6.07, 6.45) is 4.26. The van der Waals surface area contributed by atoms with Crippen molar-refractivity contribution >= 4 is 11.7 Å². The van der Waals surface area contributed by atoms with Gasteiger partial charge in [0.1, 0.15) is 24.8 Å². The van der Waals surface area contributed by atoms with Crippen molar-refractivity contribution in [3.8, 4) is 17.2 Å². The van der Waals surface area contributed by atoms with E-state index in [0.717, 1.165) is 30.2 Å². The summed E-state index contributed by atoms with van der Waals surface area (Å²) in [7, 11) is 0. The molecular formula is C27H31N3O4. The van der Waals surface area contributed by atoms with Gasteiger partial charge in [0.25, 0.3) is 5.91 Å². The van der Waals surface area contributed by atoms with Crippen LogP contribution in [0.5, 0.6) is 17.2 Å². The zero-order chi connectivity index (χ0) is 23.6. The number of nitrogens with one attached hydrogen (secondary N) is 1. The first-order valence-corrected chi connectivity index (χ1v) is 11.8. The normalized spacial score (nSPS) is 12.9. The predicted octanol–water partition coefficient (Wildman–Crippen LogP) is 4.47. The minimum Gasteiger partial charge on any atom is -0.490 e. The van der Waals surface area contributed by atoms with E-state index in [4.69, 9.17) is 14.2 Å². The van der Waals surface area contributed by atoms with E-state index in [2.05, 4.69) is 15.2 Å². The lowest BCUT2D eigenvalue weighted by atomic mass is 10.1. The SMILES string of the molecule is CCOc1cc(C(=O)NCc2ccc(N3CCCC3)nc2)ccc1OCCOc1ccccc1. The number of pyridine rings is 1. The molecule has 0 spiro atoms. The Morgan fingerprint density at radius 3 is 2.47 bits per heavy atom. The van der Waals surface area contributed by atoms with Crippen LogP contribution in [0, 0.1) is 0 Å². The number of nitrogens with zero attached hydrogens (tertiary/aromatic N) is 2. The molecule has 0 atom stereocenters. The van der Waals surface area contributed by atoms with Crippen LogP contribution >= 0.6 is 0 Å². The van der Waals surface area contributed by atoms with Gasteiger partial charge in [-0.15, -0.1) is 0 Å². The third-order valence-electron chi connectivity index (χ3n) is 5.55. The number of benzene rings is 2. The van der Waals surface area contributed by atoms with Crippen molar-refractivity contribution in [3.63, 3.8) is 0 Å². The molecule has 1 saturated heterocycles.